The lowest BCUT2D eigenvalue weighted by atomic mass is 10.0. The fraction of sp³-hybridized carbons (Fsp3) is 0.379. The predicted molar refractivity (Wildman–Crippen MR) is 152 cm³/mol. The monoisotopic (exact) mass is 524 g/mol. The van der Waals surface area contributed by atoms with Gasteiger partial charge in [-0.3, -0.25) is 4.79 Å². The minimum Gasteiger partial charge on any atom is -0.384 e. The molecule has 1 unspecified atom stereocenters. The third-order valence-electron chi connectivity index (χ3n) is 7.79. The molecule has 2 aliphatic rings. The SMILES string of the molecule is C#CCn1c(=O)c2cnc(Nc3ccc(N4CCN(C)CC4)c(C)c3)nc2n1-c1ccc2c(n1)C(C)(O)CC2. The van der Waals surface area contributed by atoms with Crippen LogP contribution in [0.25, 0.3) is 16.9 Å². The van der Waals surface area contributed by atoms with E-state index in [2.05, 4.69) is 52.1 Å². The zero-order chi connectivity index (χ0) is 27.3. The van der Waals surface area contributed by atoms with Gasteiger partial charge in [-0.05, 0) is 69.1 Å². The molecular formula is C29H32N8O2. The molecule has 1 aliphatic carbocycles. The van der Waals surface area contributed by atoms with Crippen LogP contribution in [0.3, 0.4) is 0 Å². The zero-order valence-corrected chi connectivity index (χ0v) is 22.5. The number of piperazine rings is 1. The lowest BCUT2D eigenvalue weighted by Gasteiger charge is -2.35. The number of nitrogens with one attached hydrogen (secondary N) is 1. The van der Waals surface area contributed by atoms with Crippen molar-refractivity contribution in [1.82, 2.24) is 29.2 Å². The van der Waals surface area contributed by atoms with Crippen LogP contribution in [-0.4, -0.2) is 67.5 Å². The molecule has 1 fully saturated rings. The Hall–Kier alpha value is -4.20. The summed E-state index contributed by atoms with van der Waals surface area (Å²) in [6.07, 6.45) is 8.49. The predicted octanol–water partition coefficient (Wildman–Crippen LogP) is 2.57. The van der Waals surface area contributed by atoms with Gasteiger partial charge in [-0.1, -0.05) is 12.0 Å². The number of aryl methyl sites for hydroxylation is 2. The summed E-state index contributed by atoms with van der Waals surface area (Å²) in [4.78, 5) is 31.9. The van der Waals surface area contributed by atoms with Crippen molar-refractivity contribution in [3.05, 3.63) is 63.7 Å². The molecule has 4 heterocycles. The molecule has 6 rings (SSSR count). The number of aliphatic hydroxyl groups is 1. The molecule has 3 aromatic heterocycles. The number of pyridine rings is 1. The molecule has 1 saturated heterocycles. The number of anilines is 3. The van der Waals surface area contributed by atoms with Crippen LogP contribution in [0, 0.1) is 19.3 Å². The molecule has 1 aromatic carbocycles. The largest absolute Gasteiger partial charge is 0.384 e. The van der Waals surface area contributed by atoms with Crippen molar-refractivity contribution in [2.24, 2.45) is 0 Å². The Labute approximate surface area is 226 Å². The Kier molecular flexibility index (Phi) is 6.13. The molecule has 1 atom stereocenters. The first kappa shape index (κ1) is 25.1. The molecule has 0 bridgehead atoms. The third kappa shape index (κ3) is 4.43. The summed E-state index contributed by atoms with van der Waals surface area (Å²) >= 11 is 0. The van der Waals surface area contributed by atoms with E-state index in [1.165, 1.54) is 16.6 Å². The van der Waals surface area contributed by atoms with Gasteiger partial charge in [0.25, 0.3) is 5.56 Å². The van der Waals surface area contributed by atoms with E-state index in [4.69, 9.17) is 16.4 Å². The average molecular weight is 525 g/mol. The maximum Gasteiger partial charge on any atom is 0.279 e. The van der Waals surface area contributed by atoms with Gasteiger partial charge in [0.05, 0.1) is 5.69 Å². The van der Waals surface area contributed by atoms with Crippen molar-refractivity contribution in [2.75, 3.05) is 43.4 Å². The van der Waals surface area contributed by atoms with Crippen molar-refractivity contribution >= 4 is 28.4 Å². The molecule has 4 aromatic rings. The summed E-state index contributed by atoms with van der Waals surface area (Å²) in [5.74, 6) is 3.38. The van der Waals surface area contributed by atoms with Gasteiger partial charge in [0, 0.05) is 43.8 Å². The van der Waals surface area contributed by atoms with E-state index in [0.717, 1.165) is 49.4 Å². The van der Waals surface area contributed by atoms with Gasteiger partial charge in [0.1, 0.15) is 17.5 Å². The average Bonchev–Trinajstić information content (AvgIpc) is 3.37. The summed E-state index contributed by atoms with van der Waals surface area (Å²) in [6, 6.07) is 10.0. The van der Waals surface area contributed by atoms with Gasteiger partial charge in [0.15, 0.2) is 11.5 Å². The highest BCUT2D eigenvalue weighted by molar-refractivity contribution is 5.77. The van der Waals surface area contributed by atoms with Crippen molar-refractivity contribution in [3.63, 3.8) is 0 Å². The van der Waals surface area contributed by atoms with Crippen molar-refractivity contribution in [2.45, 2.75) is 38.8 Å². The second-order valence-electron chi connectivity index (χ2n) is 10.7. The van der Waals surface area contributed by atoms with Gasteiger partial charge in [-0.25, -0.2) is 19.3 Å². The number of hydrogen-bond donors (Lipinski definition) is 2. The van der Waals surface area contributed by atoms with Crippen LogP contribution in [0.15, 0.2) is 41.3 Å². The minimum absolute atomic E-state index is 0.0417. The van der Waals surface area contributed by atoms with Gasteiger partial charge in [0.2, 0.25) is 5.95 Å². The lowest BCUT2D eigenvalue weighted by Crippen LogP contribution is -2.44. The summed E-state index contributed by atoms with van der Waals surface area (Å²) in [7, 11) is 2.15. The molecule has 0 radical (unpaired) electrons. The number of benzene rings is 1. The maximum absolute atomic E-state index is 13.3. The first-order valence-corrected chi connectivity index (χ1v) is 13.2. The molecule has 1 aliphatic heterocycles. The number of nitrogens with zero attached hydrogens (tertiary/aromatic N) is 7. The summed E-state index contributed by atoms with van der Waals surface area (Å²) in [6.45, 7) is 8.01. The number of likely N-dealkylation sites (N-methyl/N-ethyl adjacent to an activating group) is 1. The Morgan fingerprint density at radius 3 is 2.69 bits per heavy atom. The molecule has 200 valence electrons. The van der Waals surface area contributed by atoms with E-state index in [1.807, 2.05) is 18.2 Å². The highest BCUT2D eigenvalue weighted by atomic mass is 16.3. The maximum atomic E-state index is 13.3. The number of fused-ring (bicyclic) bond motifs is 2. The Bertz CT molecular complexity index is 1670. The van der Waals surface area contributed by atoms with Gasteiger partial charge < -0.3 is 20.2 Å². The van der Waals surface area contributed by atoms with Gasteiger partial charge >= 0.3 is 0 Å². The van der Waals surface area contributed by atoms with Gasteiger partial charge in [-0.2, -0.15) is 4.98 Å². The minimum atomic E-state index is -1.03. The highest BCUT2D eigenvalue weighted by Crippen LogP contribution is 2.35. The fourth-order valence-corrected chi connectivity index (χ4v) is 5.58. The molecular weight excluding hydrogens is 492 g/mol. The molecule has 0 amide bonds. The standard InChI is InChI=1S/C29H32N8O2/c1-5-12-36-27(38)22-18-30-28(31-21-7-8-23(19(2)17-21)35-15-13-34(4)14-16-35)33-26(22)37(36)24-9-6-20-10-11-29(3,39)25(20)32-24/h1,6-9,17-18,39H,10-16H2,2-4H3,(H,30,31,33). The van der Waals surface area contributed by atoms with E-state index < -0.39 is 5.60 Å². The second-order valence-corrected chi connectivity index (χ2v) is 10.7. The van der Waals surface area contributed by atoms with E-state index in [9.17, 15) is 9.90 Å². The van der Waals surface area contributed by atoms with Crippen LogP contribution in [-0.2, 0) is 18.6 Å². The summed E-state index contributed by atoms with van der Waals surface area (Å²) in [5, 5.41) is 14.5. The van der Waals surface area contributed by atoms with Crippen LogP contribution in [0.1, 0.15) is 30.2 Å². The van der Waals surface area contributed by atoms with Crippen LogP contribution in [0.2, 0.25) is 0 Å². The molecule has 0 saturated carbocycles. The van der Waals surface area contributed by atoms with Crippen LogP contribution >= 0.6 is 0 Å². The number of terminal acetylenes is 1. The van der Waals surface area contributed by atoms with E-state index in [0.29, 0.717) is 34.9 Å². The molecule has 0 spiro atoms. The summed E-state index contributed by atoms with van der Waals surface area (Å²) < 4.78 is 3.05. The summed E-state index contributed by atoms with van der Waals surface area (Å²) in [5.41, 5.74) is 3.93. The Balaban J connectivity index is 1.38. The third-order valence-corrected chi connectivity index (χ3v) is 7.79. The Morgan fingerprint density at radius 1 is 1.15 bits per heavy atom. The number of rotatable bonds is 5. The normalized spacial score (nSPS) is 19.3. The second kappa shape index (κ2) is 9.52. The number of hydrogen-bond acceptors (Lipinski definition) is 8. The van der Waals surface area contributed by atoms with Crippen molar-refractivity contribution < 1.29 is 5.11 Å². The smallest absolute Gasteiger partial charge is 0.279 e. The fourth-order valence-electron chi connectivity index (χ4n) is 5.58. The van der Waals surface area contributed by atoms with Gasteiger partial charge in [-0.15, -0.1) is 6.42 Å². The molecule has 10 nitrogen and oxygen atoms in total. The lowest BCUT2D eigenvalue weighted by molar-refractivity contribution is 0.0553. The number of aromatic nitrogens is 5. The van der Waals surface area contributed by atoms with Crippen LogP contribution in [0.5, 0.6) is 0 Å². The first-order valence-electron chi connectivity index (χ1n) is 13.2. The van der Waals surface area contributed by atoms with Crippen molar-refractivity contribution in [3.8, 4) is 18.2 Å². The highest BCUT2D eigenvalue weighted by Gasteiger charge is 2.34. The van der Waals surface area contributed by atoms with E-state index in [-0.39, 0.29) is 12.1 Å². The first-order chi connectivity index (χ1) is 18.7. The van der Waals surface area contributed by atoms with Crippen molar-refractivity contribution in [1.29, 1.82) is 0 Å². The van der Waals surface area contributed by atoms with E-state index >= 15 is 0 Å². The molecule has 10 heteroatoms. The van der Waals surface area contributed by atoms with Crippen LogP contribution < -0.4 is 15.8 Å². The topological polar surface area (TPSA) is 104 Å². The van der Waals surface area contributed by atoms with E-state index in [1.54, 1.807) is 11.6 Å². The zero-order valence-electron chi connectivity index (χ0n) is 22.5. The van der Waals surface area contributed by atoms with Crippen LogP contribution in [0.4, 0.5) is 17.3 Å². The molecule has 2 N–H and O–H groups in total. The Morgan fingerprint density at radius 2 is 1.95 bits per heavy atom. The quantitative estimate of drug-likeness (QED) is 0.384. The molecule has 39 heavy (non-hydrogen) atoms.